The molecule has 6 nitrogen and oxygen atoms in total. The van der Waals surface area contributed by atoms with E-state index >= 15 is 0 Å². The molecule has 0 bridgehead atoms. The highest BCUT2D eigenvalue weighted by Crippen LogP contribution is 2.46. The summed E-state index contributed by atoms with van der Waals surface area (Å²) in [7, 11) is 1.30. The number of amides is 3. The molecule has 5 atom stereocenters. The normalized spacial score (nSPS) is 22.5. The molecule has 2 aliphatic rings. The Morgan fingerprint density at radius 3 is 2.10 bits per heavy atom. The number of carbonyl (C=O) groups is 2. The number of nitrogens with zero attached hydrogens (tertiary/aromatic N) is 3. The van der Waals surface area contributed by atoms with Gasteiger partial charge in [0.1, 0.15) is 11.9 Å². The number of piperidine rings is 1. The number of carbonyl (C=O) groups excluding carboxylic acids is 2. The number of aliphatic hydroxyl groups excluding tert-OH is 1. The first-order valence-corrected chi connectivity index (χ1v) is 13.5. The van der Waals surface area contributed by atoms with E-state index in [-0.39, 0.29) is 36.6 Å². The van der Waals surface area contributed by atoms with E-state index in [2.05, 4.69) is 0 Å². The number of urea groups is 1. The van der Waals surface area contributed by atoms with Gasteiger partial charge in [-0.2, -0.15) is 26.3 Å². The van der Waals surface area contributed by atoms with E-state index in [1.807, 2.05) is 0 Å². The van der Waals surface area contributed by atoms with E-state index in [0.717, 1.165) is 4.90 Å². The lowest BCUT2D eigenvalue weighted by Gasteiger charge is -2.45. The number of rotatable bonds is 4. The van der Waals surface area contributed by atoms with Crippen LogP contribution in [0.4, 0.5) is 35.5 Å². The lowest BCUT2D eigenvalue weighted by atomic mass is 9.78. The molecule has 2 heterocycles. The third-order valence-electron chi connectivity index (χ3n) is 8.41. The zero-order chi connectivity index (χ0) is 31.3. The number of benzene rings is 2. The Kier molecular flexibility index (Phi) is 8.56. The van der Waals surface area contributed by atoms with Crippen LogP contribution in [-0.2, 0) is 17.1 Å². The monoisotopic (exact) mass is 603 g/mol. The van der Waals surface area contributed by atoms with Crippen LogP contribution in [0, 0.1) is 24.6 Å². The van der Waals surface area contributed by atoms with E-state index in [0.29, 0.717) is 36.2 Å². The summed E-state index contributed by atoms with van der Waals surface area (Å²) in [5.74, 6) is -1.31. The first-order valence-electron chi connectivity index (χ1n) is 13.5. The molecule has 2 aromatic rings. The van der Waals surface area contributed by atoms with Gasteiger partial charge in [0.15, 0.2) is 0 Å². The maximum Gasteiger partial charge on any atom is 0.416 e. The van der Waals surface area contributed by atoms with Gasteiger partial charge in [-0.3, -0.25) is 4.79 Å². The van der Waals surface area contributed by atoms with Gasteiger partial charge in [-0.15, -0.1) is 0 Å². The smallest absolute Gasteiger partial charge is 0.384 e. The minimum absolute atomic E-state index is 0.0382. The van der Waals surface area contributed by atoms with E-state index in [1.54, 1.807) is 13.0 Å². The van der Waals surface area contributed by atoms with Gasteiger partial charge in [0.25, 0.3) is 5.91 Å². The van der Waals surface area contributed by atoms with Gasteiger partial charge in [-0.05, 0) is 80.1 Å². The Morgan fingerprint density at radius 2 is 1.57 bits per heavy atom. The predicted molar refractivity (Wildman–Crippen MR) is 138 cm³/mol. The maximum atomic E-state index is 14.0. The van der Waals surface area contributed by atoms with E-state index in [9.17, 15) is 45.4 Å². The summed E-state index contributed by atoms with van der Waals surface area (Å²) < 4.78 is 95.0. The molecule has 0 spiro atoms. The van der Waals surface area contributed by atoms with Crippen molar-refractivity contribution < 1.29 is 45.4 Å². The van der Waals surface area contributed by atoms with Crippen LogP contribution in [0.25, 0.3) is 0 Å². The molecular weight excluding hydrogens is 571 g/mol. The Morgan fingerprint density at radius 1 is 0.976 bits per heavy atom. The summed E-state index contributed by atoms with van der Waals surface area (Å²) in [6.45, 7) is 5.12. The lowest BCUT2D eigenvalue weighted by molar-refractivity contribution is -0.143. The van der Waals surface area contributed by atoms with Crippen molar-refractivity contribution in [2.45, 2.75) is 57.7 Å². The fourth-order valence-corrected chi connectivity index (χ4v) is 6.08. The summed E-state index contributed by atoms with van der Waals surface area (Å²) in [5.41, 5.74) is -2.14. The Balaban J connectivity index is 1.71. The van der Waals surface area contributed by atoms with Crippen LogP contribution in [0.1, 0.15) is 60.2 Å². The van der Waals surface area contributed by atoms with Gasteiger partial charge in [0.05, 0.1) is 23.2 Å². The van der Waals surface area contributed by atoms with Crippen LogP contribution >= 0.6 is 0 Å². The van der Waals surface area contributed by atoms with Crippen molar-refractivity contribution in [3.05, 3.63) is 70.0 Å². The molecule has 3 amide bonds. The van der Waals surface area contributed by atoms with Crippen molar-refractivity contribution in [1.82, 2.24) is 14.7 Å². The minimum Gasteiger partial charge on any atom is -0.384 e. The van der Waals surface area contributed by atoms with Crippen LogP contribution < -0.4 is 0 Å². The molecule has 2 fully saturated rings. The number of fused-ring (bicyclic) bond motifs is 1. The second-order valence-corrected chi connectivity index (χ2v) is 11.2. The third-order valence-corrected chi connectivity index (χ3v) is 8.41. The number of aryl methyl sites for hydroxylation is 1. The van der Waals surface area contributed by atoms with Gasteiger partial charge in [-0.25, -0.2) is 9.18 Å². The second kappa shape index (κ2) is 11.4. The Labute approximate surface area is 238 Å². The molecule has 2 aliphatic heterocycles. The van der Waals surface area contributed by atoms with Crippen LogP contribution in [0.5, 0.6) is 0 Å². The van der Waals surface area contributed by atoms with Gasteiger partial charge >= 0.3 is 18.4 Å². The van der Waals surface area contributed by atoms with Crippen LogP contribution in [0.2, 0.25) is 0 Å². The van der Waals surface area contributed by atoms with Crippen molar-refractivity contribution in [3.8, 4) is 0 Å². The summed E-state index contributed by atoms with van der Waals surface area (Å²) in [4.78, 5) is 30.7. The largest absolute Gasteiger partial charge is 0.416 e. The molecular formula is C29H32F7N3O3. The Bertz CT molecular complexity index is 1310. The number of alkyl halides is 6. The number of likely N-dealkylation sites (tertiary alicyclic amines) is 2. The minimum atomic E-state index is -5.04. The third kappa shape index (κ3) is 6.20. The number of halogens is 7. The van der Waals surface area contributed by atoms with Crippen LogP contribution in [-0.4, -0.2) is 64.5 Å². The molecule has 230 valence electrons. The zero-order valence-corrected chi connectivity index (χ0v) is 23.4. The maximum absolute atomic E-state index is 14.0. The summed E-state index contributed by atoms with van der Waals surface area (Å²) in [6, 6.07) is 2.87. The van der Waals surface area contributed by atoms with Crippen molar-refractivity contribution >= 4 is 11.9 Å². The number of hydrogen-bond acceptors (Lipinski definition) is 3. The highest BCUT2D eigenvalue weighted by Gasteiger charge is 2.48. The van der Waals surface area contributed by atoms with Gasteiger partial charge in [0, 0.05) is 32.6 Å². The molecule has 4 rings (SSSR count). The van der Waals surface area contributed by atoms with Gasteiger partial charge in [-0.1, -0.05) is 6.07 Å². The molecule has 0 aliphatic carbocycles. The first-order chi connectivity index (χ1) is 19.4. The quantitative estimate of drug-likeness (QED) is 0.425. The molecule has 42 heavy (non-hydrogen) atoms. The molecule has 1 N–H and O–H groups in total. The fraction of sp³-hybridized carbons (Fsp3) is 0.517. The van der Waals surface area contributed by atoms with E-state index < -0.39 is 59.4 Å². The topological polar surface area (TPSA) is 64.1 Å². The number of aliphatic hydroxyl groups is 1. The van der Waals surface area contributed by atoms with E-state index in [4.69, 9.17) is 0 Å². The summed E-state index contributed by atoms with van der Waals surface area (Å²) in [6.07, 6.45) is -10.8. The lowest BCUT2D eigenvalue weighted by Crippen LogP contribution is -2.51. The standard InChI is InChI=1S/C29H32F7N3O3/c1-15-9-22(30)5-6-23(15)25-24-14-38(26(41)17(3)40)13-18(24)7-8-39(25)27(42)37(4)16(2)19-10-20(28(31,32)33)12-21(11-19)29(34,35)36/h5-6,9-12,16-18,24-25,40H,7-8,13-14H2,1-4H3/t16-,17-,18-,24-,25+/m1/s1. The van der Waals surface area contributed by atoms with E-state index in [1.165, 1.54) is 42.8 Å². The van der Waals surface area contributed by atoms with Gasteiger partial charge in [0.2, 0.25) is 0 Å². The predicted octanol–water partition coefficient (Wildman–Crippen LogP) is 6.19. The highest BCUT2D eigenvalue weighted by atomic mass is 19.4. The van der Waals surface area contributed by atoms with Crippen molar-refractivity contribution in [2.75, 3.05) is 26.7 Å². The molecule has 0 aromatic heterocycles. The van der Waals surface area contributed by atoms with Crippen molar-refractivity contribution in [3.63, 3.8) is 0 Å². The molecule has 0 saturated carbocycles. The number of hydrogen-bond donors (Lipinski definition) is 1. The Hall–Kier alpha value is -3.35. The molecule has 13 heteroatoms. The second-order valence-electron chi connectivity index (χ2n) is 11.2. The van der Waals surface area contributed by atoms with Crippen LogP contribution in [0.3, 0.4) is 0 Å². The molecule has 2 saturated heterocycles. The van der Waals surface area contributed by atoms with Crippen LogP contribution in [0.15, 0.2) is 36.4 Å². The zero-order valence-electron chi connectivity index (χ0n) is 23.4. The fourth-order valence-electron chi connectivity index (χ4n) is 6.08. The summed E-state index contributed by atoms with van der Waals surface area (Å²) >= 11 is 0. The van der Waals surface area contributed by atoms with Gasteiger partial charge < -0.3 is 19.8 Å². The van der Waals surface area contributed by atoms with Crippen molar-refractivity contribution in [2.24, 2.45) is 11.8 Å². The highest BCUT2D eigenvalue weighted by molar-refractivity contribution is 5.80. The average molecular weight is 604 g/mol. The summed E-state index contributed by atoms with van der Waals surface area (Å²) in [5, 5.41) is 9.85. The molecule has 0 unspecified atom stereocenters. The molecule has 2 aromatic carbocycles. The molecule has 0 radical (unpaired) electrons. The first kappa shape index (κ1) is 31.6. The average Bonchev–Trinajstić information content (AvgIpc) is 3.34. The van der Waals surface area contributed by atoms with Crippen molar-refractivity contribution in [1.29, 1.82) is 0 Å². The SMILES string of the molecule is Cc1cc(F)ccc1[C@H]1[C@@H]2CN(C(=O)[C@@H](C)O)C[C@H]2CCN1C(=O)N(C)[C@H](C)c1cc(C(F)(F)F)cc(C(F)(F)F)c1.